The molecule has 5 nitrogen and oxygen atoms in total. The van der Waals surface area contributed by atoms with Crippen LogP contribution in [0.1, 0.15) is 6.42 Å². The highest BCUT2D eigenvalue weighted by atomic mass is 19.1. The van der Waals surface area contributed by atoms with Gasteiger partial charge in [0.1, 0.15) is 5.82 Å². The van der Waals surface area contributed by atoms with Crippen LogP contribution in [0, 0.1) is 11.7 Å². The second-order valence-electron chi connectivity index (χ2n) is 6.04. The van der Waals surface area contributed by atoms with E-state index in [2.05, 4.69) is 15.3 Å². The summed E-state index contributed by atoms with van der Waals surface area (Å²) in [5.74, 6) is 0.288. The highest BCUT2D eigenvalue weighted by Crippen LogP contribution is 2.27. The fourth-order valence-electron chi connectivity index (χ4n) is 3.40. The van der Waals surface area contributed by atoms with Crippen molar-refractivity contribution in [1.29, 1.82) is 0 Å². The molecule has 1 N–H and O–H groups in total. The van der Waals surface area contributed by atoms with E-state index in [9.17, 15) is 9.18 Å². The molecule has 2 fully saturated rings. The molecule has 1 aromatic carbocycles. The topological polar surface area (TPSA) is 50.2 Å². The SMILES string of the molecule is O=C(NC1CN2CC[C@H]1C2)n1cc(-c2ccc(F)cc2)cn1. The Morgan fingerprint density at radius 2 is 2.05 bits per heavy atom. The third-order valence-electron chi connectivity index (χ3n) is 4.61. The number of hydrogen-bond donors (Lipinski definition) is 1. The van der Waals surface area contributed by atoms with Gasteiger partial charge in [0.15, 0.2) is 0 Å². The van der Waals surface area contributed by atoms with Crippen molar-refractivity contribution in [3.63, 3.8) is 0 Å². The minimum atomic E-state index is -0.278. The highest BCUT2D eigenvalue weighted by molar-refractivity contribution is 5.77. The lowest BCUT2D eigenvalue weighted by atomic mass is 10.0. The third kappa shape index (κ3) is 2.39. The van der Waals surface area contributed by atoms with Crippen molar-refractivity contribution in [2.24, 2.45) is 5.92 Å². The number of benzene rings is 1. The number of hydrogen-bond acceptors (Lipinski definition) is 3. The van der Waals surface area contributed by atoms with Gasteiger partial charge in [-0.2, -0.15) is 9.78 Å². The van der Waals surface area contributed by atoms with Crippen molar-refractivity contribution in [3.8, 4) is 11.1 Å². The molecule has 0 aliphatic carbocycles. The first kappa shape index (κ1) is 13.5. The van der Waals surface area contributed by atoms with Gasteiger partial charge in [0, 0.05) is 30.9 Å². The van der Waals surface area contributed by atoms with Crippen molar-refractivity contribution >= 4 is 6.03 Å². The van der Waals surface area contributed by atoms with E-state index in [0.717, 1.165) is 37.2 Å². The standard InChI is InChI=1S/C16H17FN4O/c17-14-3-1-11(2-4-14)13-7-18-21(9-13)16(22)19-15-10-20-6-5-12(15)8-20/h1-4,7,9,12,15H,5-6,8,10H2,(H,19,22)/t12-,15?/m0/s1. The van der Waals surface area contributed by atoms with Gasteiger partial charge in [-0.05, 0) is 36.6 Å². The number of carbonyl (C=O) groups is 1. The van der Waals surface area contributed by atoms with Gasteiger partial charge in [-0.15, -0.1) is 0 Å². The van der Waals surface area contributed by atoms with Gasteiger partial charge >= 0.3 is 6.03 Å². The molecule has 3 atom stereocenters. The lowest BCUT2D eigenvalue weighted by molar-refractivity contribution is 0.228. The van der Waals surface area contributed by atoms with Gasteiger partial charge < -0.3 is 10.2 Å². The largest absolute Gasteiger partial charge is 0.342 e. The number of aromatic nitrogens is 2. The smallest absolute Gasteiger partial charge is 0.332 e. The first-order chi connectivity index (χ1) is 10.7. The van der Waals surface area contributed by atoms with Crippen molar-refractivity contribution in [3.05, 3.63) is 42.5 Å². The van der Waals surface area contributed by atoms with Crippen molar-refractivity contribution in [1.82, 2.24) is 20.0 Å². The van der Waals surface area contributed by atoms with Crippen molar-refractivity contribution in [2.75, 3.05) is 19.6 Å². The number of carbonyl (C=O) groups excluding carboxylic acids is 1. The lowest BCUT2D eigenvalue weighted by Gasteiger charge is -2.22. The predicted octanol–water partition coefficient (Wildman–Crippen LogP) is 1.95. The molecule has 6 heteroatoms. The summed E-state index contributed by atoms with van der Waals surface area (Å²) >= 11 is 0. The molecule has 2 saturated heterocycles. The Labute approximate surface area is 127 Å². The number of rotatable bonds is 2. The maximum atomic E-state index is 12.9. The molecule has 2 aromatic rings. The summed E-state index contributed by atoms with van der Waals surface area (Å²) in [4.78, 5) is 14.7. The molecule has 1 amide bonds. The maximum absolute atomic E-state index is 12.9. The van der Waals surface area contributed by atoms with Gasteiger partial charge in [0.05, 0.1) is 6.20 Å². The molecule has 4 rings (SSSR count). The average Bonchev–Trinajstić information content (AvgIpc) is 3.24. The van der Waals surface area contributed by atoms with Crippen LogP contribution < -0.4 is 5.32 Å². The lowest BCUT2D eigenvalue weighted by Crippen LogP contribution is -2.45. The Kier molecular flexibility index (Phi) is 3.18. The molecule has 2 aliphatic heterocycles. The molecule has 0 radical (unpaired) electrons. The molecule has 0 saturated carbocycles. The second-order valence-corrected chi connectivity index (χ2v) is 6.04. The van der Waals surface area contributed by atoms with Crippen LogP contribution in [0.2, 0.25) is 0 Å². The van der Waals surface area contributed by atoms with Gasteiger partial charge in [0.2, 0.25) is 0 Å². The highest BCUT2D eigenvalue weighted by Gasteiger charge is 2.38. The zero-order chi connectivity index (χ0) is 15.1. The van der Waals surface area contributed by atoms with E-state index in [1.54, 1.807) is 24.5 Å². The number of nitrogens with one attached hydrogen (secondary N) is 1. The summed E-state index contributed by atoms with van der Waals surface area (Å²) in [7, 11) is 0. The molecule has 22 heavy (non-hydrogen) atoms. The summed E-state index contributed by atoms with van der Waals surface area (Å²) in [5, 5.41) is 7.18. The maximum Gasteiger partial charge on any atom is 0.342 e. The van der Waals surface area contributed by atoms with E-state index in [-0.39, 0.29) is 17.9 Å². The van der Waals surface area contributed by atoms with E-state index in [1.807, 2.05) is 0 Å². The molecule has 2 bridgehead atoms. The summed E-state index contributed by atoms with van der Waals surface area (Å²) in [6, 6.07) is 6.18. The quantitative estimate of drug-likeness (QED) is 0.922. The Bertz CT molecular complexity index is 696. The first-order valence-electron chi connectivity index (χ1n) is 7.53. The van der Waals surface area contributed by atoms with Crippen LogP contribution in [0.25, 0.3) is 11.1 Å². The zero-order valence-corrected chi connectivity index (χ0v) is 12.1. The molecular formula is C16H17FN4O. The first-order valence-corrected chi connectivity index (χ1v) is 7.53. The van der Waals surface area contributed by atoms with Crippen LogP contribution in [0.5, 0.6) is 0 Å². The van der Waals surface area contributed by atoms with Crippen LogP contribution >= 0.6 is 0 Å². The fourth-order valence-corrected chi connectivity index (χ4v) is 3.40. The van der Waals surface area contributed by atoms with E-state index < -0.39 is 0 Å². The predicted molar refractivity (Wildman–Crippen MR) is 79.9 cm³/mol. The van der Waals surface area contributed by atoms with Crippen molar-refractivity contribution < 1.29 is 9.18 Å². The summed E-state index contributed by atoms with van der Waals surface area (Å²) in [6.07, 6.45) is 4.46. The number of fused-ring (bicyclic) bond motifs is 2. The number of nitrogens with zero attached hydrogens (tertiary/aromatic N) is 3. The Morgan fingerprint density at radius 3 is 2.73 bits per heavy atom. The molecule has 2 aliphatic rings. The second kappa shape index (κ2) is 5.21. The van der Waals surface area contributed by atoms with E-state index in [1.165, 1.54) is 16.8 Å². The van der Waals surface area contributed by atoms with Crippen LogP contribution in [0.4, 0.5) is 9.18 Å². The van der Waals surface area contributed by atoms with Crippen LogP contribution in [-0.2, 0) is 0 Å². The zero-order valence-electron chi connectivity index (χ0n) is 12.1. The van der Waals surface area contributed by atoms with Gasteiger partial charge in [0.25, 0.3) is 0 Å². The van der Waals surface area contributed by atoms with Gasteiger partial charge in [-0.25, -0.2) is 9.18 Å². The Balaban J connectivity index is 1.46. The van der Waals surface area contributed by atoms with Gasteiger partial charge in [-0.1, -0.05) is 12.1 Å². The number of piperidine rings is 1. The Morgan fingerprint density at radius 1 is 1.23 bits per heavy atom. The van der Waals surface area contributed by atoms with Crippen LogP contribution in [0.3, 0.4) is 0 Å². The molecule has 114 valence electrons. The molecule has 3 heterocycles. The van der Waals surface area contributed by atoms with E-state index >= 15 is 0 Å². The molecule has 2 unspecified atom stereocenters. The summed E-state index contributed by atoms with van der Waals surface area (Å²) in [5.41, 5.74) is 1.64. The Hall–Kier alpha value is -2.21. The van der Waals surface area contributed by atoms with Crippen molar-refractivity contribution in [2.45, 2.75) is 12.5 Å². The minimum Gasteiger partial charge on any atom is -0.332 e. The van der Waals surface area contributed by atoms with E-state index in [4.69, 9.17) is 0 Å². The fraction of sp³-hybridized carbons (Fsp3) is 0.375. The average molecular weight is 300 g/mol. The van der Waals surface area contributed by atoms with Crippen LogP contribution in [0.15, 0.2) is 36.7 Å². The van der Waals surface area contributed by atoms with Crippen LogP contribution in [-0.4, -0.2) is 46.4 Å². The normalized spacial score (nSPS) is 26.3. The number of halogens is 1. The molecule has 0 spiro atoms. The molecular weight excluding hydrogens is 283 g/mol. The monoisotopic (exact) mass is 300 g/mol. The summed E-state index contributed by atoms with van der Waals surface area (Å²) < 4.78 is 14.3. The minimum absolute atomic E-state index is 0.202. The summed E-state index contributed by atoms with van der Waals surface area (Å²) in [6.45, 7) is 3.17. The van der Waals surface area contributed by atoms with E-state index in [0.29, 0.717) is 5.92 Å². The third-order valence-corrected chi connectivity index (χ3v) is 4.61. The number of amides is 1. The molecule has 1 aromatic heterocycles. The van der Waals surface area contributed by atoms with Gasteiger partial charge in [-0.3, -0.25) is 0 Å².